The monoisotopic (exact) mass is 279 g/mol. The minimum Gasteiger partial charge on any atom is -0.367 e. The van der Waals surface area contributed by atoms with Crippen LogP contribution in [0.3, 0.4) is 0 Å². The molecule has 2 atom stereocenters. The molecule has 1 heterocycles. The first-order valence-electron chi connectivity index (χ1n) is 7.61. The number of nitrogens with zero attached hydrogens (tertiary/aromatic N) is 2. The highest BCUT2D eigenvalue weighted by Gasteiger charge is 2.29. The van der Waals surface area contributed by atoms with E-state index < -0.39 is 0 Å². The molecule has 0 amide bonds. The van der Waals surface area contributed by atoms with Gasteiger partial charge < -0.3 is 10.6 Å². The van der Waals surface area contributed by atoms with Gasteiger partial charge in [-0.3, -0.25) is 4.90 Å². The van der Waals surface area contributed by atoms with Crippen LogP contribution >= 0.6 is 0 Å². The van der Waals surface area contributed by atoms with Crippen LogP contribution in [0.25, 0.3) is 0 Å². The van der Waals surface area contributed by atoms with Crippen molar-refractivity contribution in [3.63, 3.8) is 0 Å². The predicted molar refractivity (Wildman–Crippen MR) is 82.5 cm³/mol. The van der Waals surface area contributed by atoms with Crippen LogP contribution in [0, 0.1) is 5.82 Å². The smallest absolute Gasteiger partial charge is 0.146 e. The Balaban J connectivity index is 2.22. The molecular formula is C16H26FN3. The summed E-state index contributed by atoms with van der Waals surface area (Å²) < 4.78 is 14.2. The van der Waals surface area contributed by atoms with E-state index >= 15 is 0 Å². The Morgan fingerprint density at radius 2 is 2.10 bits per heavy atom. The molecule has 1 aromatic rings. The van der Waals surface area contributed by atoms with E-state index in [4.69, 9.17) is 5.73 Å². The van der Waals surface area contributed by atoms with Crippen molar-refractivity contribution < 1.29 is 4.39 Å². The lowest BCUT2D eigenvalue weighted by molar-refractivity contribution is 0.232. The van der Waals surface area contributed by atoms with E-state index in [1.54, 1.807) is 6.07 Å². The molecule has 0 aliphatic carbocycles. The molecule has 3 nitrogen and oxygen atoms in total. The Labute approximate surface area is 121 Å². The summed E-state index contributed by atoms with van der Waals surface area (Å²) in [5, 5.41) is 0. The summed E-state index contributed by atoms with van der Waals surface area (Å²) in [6.45, 7) is 10.2. The van der Waals surface area contributed by atoms with Crippen molar-refractivity contribution in [1.29, 1.82) is 0 Å². The van der Waals surface area contributed by atoms with Crippen molar-refractivity contribution in [1.82, 2.24) is 4.90 Å². The Morgan fingerprint density at radius 1 is 1.40 bits per heavy atom. The SMILES string of the molecule is CCN(CC)C1CCN(c2c(F)cccc2C(C)N)C1. The third-order valence-corrected chi connectivity index (χ3v) is 4.32. The summed E-state index contributed by atoms with van der Waals surface area (Å²) in [4.78, 5) is 4.61. The quantitative estimate of drug-likeness (QED) is 0.899. The maximum Gasteiger partial charge on any atom is 0.146 e. The second-order valence-corrected chi connectivity index (χ2v) is 5.58. The van der Waals surface area contributed by atoms with Gasteiger partial charge in [-0.2, -0.15) is 0 Å². The van der Waals surface area contributed by atoms with Crippen LogP contribution in [0.4, 0.5) is 10.1 Å². The van der Waals surface area contributed by atoms with Crippen molar-refractivity contribution in [2.24, 2.45) is 5.73 Å². The number of nitrogens with two attached hydrogens (primary N) is 1. The molecule has 0 bridgehead atoms. The summed E-state index contributed by atoms with van der Waals surface area (Å²) in [5.74, 6) is -0.153. The Hall–Kier alpha value is -1.13. The maximum atomic E-state index is 14.2. The highest BCUT2D eigenvalue weighted by molar-refractivity contribution is 5.57. The Bertz CT molecular complexity index is 443. The van der Waals surface area contributed by atoms with Crippen molar-refractivity contribution in [3.8, 4) is 0 Å². The lowest BCUT2D eigenvalue weighted by atomic mass is 10.1. The number of hydrogen-bond acceptors (Lipinski definition) is 3. The molecule has 1 saturated heterocycles. The van der Waals surface area contributed by atoms with Crippen LogP contribution in [0.1, 0.15) is 38.8 Å². The van der Waals surface area contributed by atoms with Gasteiger partial charge >= 0.3 is 0 Å². The zero-order chi connectivity index (χ0) is 14.7. The van der Waals surface area contributed by atoms with E-state index in [0.29, 0.717) is 11.7 Å². The van der Waals surface area contributed by atoms with E-state index in [2.05, 4.69) is 23.6 Å². The average molecular weight is 279 g/mol. The fourth-order valence-corrected chi connectivity index (χ4v) is 3.22. The normalized spacial score (nSPS) is 20.7. The second kappa shape index (κ2) is 6.55. The molecule has 20 heavy (non-hydrogen) atoms. The van der Waals surface area contributed by atoms with Crippen molar-refractivity contribution in [3.05, 3.63) is 29.6 Å². The number of likely N-dealkylation sites (N-methyl/N-ethyl adjacent to an activating group) is 1. The lowest BCUT2D eigenvalue weighted by Crippen LogP contribution is -2.37. The maximum absolute atomic E-state index is 14.2. The molecule has 1 fully saturated rings. The van der Waals surface area contributed by atoms with Gasteiger partial charge in [0.2, 0.25) is 0 Å². The van der Waals surface area contributed by atoms with E-state index in [0.717, 1.165) is 38.2 Å². The van der Waals surface area contributed by atoms with Crippen LogP contribution < -0.4 is 10.6 Å². The molecule has 2 rings (SSSR count). The molecular weight excluding hydrogens is 253 g/mol. The van der Waals surface area contributed by atoms with Gasteiger partial charge in [0.1, 0.15) is 5.82 Å². The van der Waals surface area contributed by atoms with Gasteiger partial charge in [0.25, 0.3) is 0 Å². The molecule has 1 aliphatic rings. The molecule has 4 heteroatoms. The van der Waals surface area contributed by atoms with Crippen LogP contribution in [0.5, 0.6) is 0 Å². The summed E-state index contributed by atoms with van der Waals surface area (Å²) in [6, 6.07) is 5.59. The lowest BCUT2D eigenvalue weighted by Gasteiger charge is -2.28. The molecule has 0 saturated carbocycles. The van der Waals surface area contributed by atoms with Crippen molar-refractivity contribution in [2.75, 3.05) is 31.1 Å². The molecule has 1 aromatic carbocycles. The van der Waals surface area contributed by atoms with Gasteiger partial charge in [-0.1, -0.05) is 26.0 Å². The molecule has 2 N–H and O–H groups in total. The van der Waals surface area contributed by atoms with Crippen LogP contribution in [0.2, 0.25) is 0 Å². The van der Waals surface area contributed by atoms with E-state index in [-0.39, 0.29) is 11.9 Å². The first-order chi connectivity index (χ1) is 9.58. The van der Waals surface area contributed by atoms with E-state index in [1.807, 2.05) is 13.0 Å². The fourth-order valence-electron chi connectivity index (χ4n) is 3.22. The topological polar surface area (TPSA) is 32.5 Å². The minimum absolute atomic E-state index is 0.145. The standard InChI is InChI=1S/C16H26FN3/c1-4-19(5-2)13-9-10-20(11-13)16-14(12(3)18)7-6-8-15(16)17/h6-8,12-13H,4-5,9-11,18H2,1-3H3. The molecule has 1 aliphatic heterocycles. The minimum atomic E-state index is -0.153. The number of para-hydroxylation sites is 1. The van der Waals surface area contributed by atoms with Gasteiger partial charge in [0, 0.05) is 25.2 Å². The number of rotatable bonds is 5. The van der Waals surface area contributed by atoms with Gasteiger partial charge in [0.05, 0.1) is 5.69 Å². The summed E-state index contributed by atoms with van der Waals surface area (Å²) in [5.41, 5.74) is 7.61. The number of benzene rings is 1. The zero-order valence-corrected chi connectivity index (χ0v) is 12.8. The van der Waals surface area contributed by atoms with Crippen LogP contribution in [-0.4, -0.2) is 37.1 Å². The average Bonchev–Trinajstić information content (AvgIpc) is 2.89. The molecule has 0 spiro atoms. The number of halogens is 1. The highest BCUT2D eigenvalue weighted by atomic mass is 19.1. The Morgan fingerprint density at radius 3 is 2.70 bits per heavy atom. The van der Waals surface area contributed by atoms with Gasteiger partial charge in [-0.05, 0) is 38.1 Å². The number of hydrogen-bond donors (Lipinski definition) is 1. The fraction of sp³-hybridized carbons (Fsp3) is 0.625. The Kier molecular flexibility index (Phi) is 5.00. The molecule has 2 unspecified atom stereocenters. The number of anilines is 1. The molecule has 0 aromatic heterocycles. The van der Waals surface area contributed by atoms with E-state index in [9.17, 15) is 4.39 Å². The summed E-state index contributed by atoms with van der Waals surface area (Å²) in [7, 11) is 0. The van der Waals surface area contributed by atoms with Gasteiger partial charge in [0.15, 0.2) is 0 Å². The van der Waals surface area contributed by atoms with Crippen molar-refractivity contribution in [2.45, 2.75) is 39.3 Å². The highest BCUT2D eigenvalue weighted by Crippen LogP contribution is 2.31. The van der Waals surface area contributed by atoms with Crippen molar-refractivity contribution >= 4 is 5.69 Å². The van der Waals surface area contributed by atoms with Crippen LogP contribution in [0.15, 0.2) is 18.2 Å². The van der Waals surface area contributed by atoms with Gasteiger partial charge in [-0.25, -0.2) is 4.39 Å². The molecule has 112 valence electrons. The predicted octanol–water partition coefficient (Wildman–Crippen LogP) is 2.77. The van der Waals surface area contributed by atoms with E-state index in [1.165, 1.54) is 6.07 Å². The zero-order valence-electron chi connectivity index (χ0n) is 12.8. The largest absolute Gasteiger partial charge is 0.367 e. The van der Waals surface area contributed by atoms with Gasteiger partial charge in [-0.15, -0.1) is 0 Å². The molecule has 0 radical (unpaired) electrons. The second-order valence-electron chi connectivity index (χ2n) is 5.58. The third kappa shape index (κ3) is 2.96. The summed E-state index contributed by atoms with van der Waals surface area (Å²) in [6.07, 6.45) is 1.09. The third-order valence-electron chi connectivity index (χ3n) is 4.32. The summed E-state index contributed by atoms with van der Waals surface area (Å²) >= 11 is 0. The van der Waals surface area contributed by atoms with Crippen LogP contribution in [-0.2, 0) is 0 Å². The first-order valence-corrected chi connectivity index (χ1v) is 7.61. The first kappa shape index (κ1) is 15.3.